The molecule has 1 N–H and O–H groups in total. The zero-order valence-corrected chi connectivity index (χ0v) is 9.70. The minimum absolute atomic E-state index is 0. The molecule has 1 saturated heterocycles. The molecule has 0 spiro atoms. The molecule has 1 atom stereocenters. The average Bonchev–Trinajstić information content (AvgIpc) is 2.30. The van der Waals surface area contributed by atoms with Crippen LogP contribution in [0.25, 0.3) is 0 Å². The highest BCUT2D eigenvalue weighted by molar-refractivity contribution is 5.85. The minimum atomic E-state index is 0. The van der Waals surface area contributed by atoms with Crippen molar-refractivity contribution < 1.29 is 0 Å². The molecule has 1 aromatic heterocycles. The van der Waals surface area contributed by atoms with Crippen LogP contribution in [0.4, 0.5) is 5.95 Å². The largest absolute Gasteiger partial charge is 0.340 e. The number of piperidine rings is 1. The highest BCUT2D eigenvalue weighted by Gasteiger charge is 2.18. The lowest BCUT2D eigenvalue weighted by molar-refractivity contribution is 0.441. The fourth-order valence-electron chi connectivity index (χ4n) is 1.80. The summed E-state index contributed by atoms with van der Waals surface area (Å²) < 4.78 is 0. The number of nitrogens with zero attached hydrogens (tertiary/aromatic N) is 3. The Balaban J connectivity index is 0.00000112. The van der Waals surface area contributed by atoms with Gasteiger partial charge in [-0.1, -0.05) is 0 Å². The highest BCUT2D eigenvalue weighted by Crippen LogP contribution is 2.13. The summed E-state index contributed by atoms with van der Waals surface area (Å²) in [4.78, 5) is 10.6. The van der Waals surface area contributed by atoms with Crippen LogP contribution >= 0.6 is 12.4 Å². The number of hydrogen-bond acceptors (Lipinski definition) is 4. The first kappa shape index (κ1) is 12.2. The molecule has 0 bridgehead atoms. The molecule has 0 aromatic carbocycles. The van der Waals surface area contributed by atoms with Crippen LogP contribution in [0, 0.1) is 0 Å². The molecule has 1 aliphatic heterocycles. The number of hydrogen-bond donors (Lipinski definition) is 1. The van der Waals surface area contributed by atoms with Crippen molar-refractivity contribution in [1.29, 1.82) is 0 Å². The van der Waals surface area contributed by atoms with Gasteiger partial charge in [-0.15, -0.1) is 12.4 Å². The summed E-state index contributed by atoms with van der Waals surface area (Å²) in [6.45, 7) is 2.18. The third kappa shape index (κ3) is 3.04. The number of rotatable bonds is 2. The van der Waals surface area contributed by atoms with Crippen molar-refractivity contribution in [3.63, 3.8) is 0 Å². The maximum absolute atomic E-state index is 4.24. The predicted molar refractivity (Wildman–Crippen MR) is 63.6 cm³/mol. The van der Waals surface area contributed by atoms with E-state index >= 15 is 0 Å². The summed E-state index contributed by atoms with van der Waals surface area (Å²) in [5.41, 5.74) is 0. The van der Waals surface area contributed by atoms with Crippen LogP contribution in [0.1, 0.15) is 12.8 Å². The lowest BCUT2D eigenvalue weighted by Gasteiger charge is -2.31. The van der Waals surface area contributed by atoms with E-state index in [0.29, 0.717) is 6.04 Å². The van der Waals surface area contributed by atoms with Gasteiger partial charge in [0.1, 0.15) is 0 Å². The van der Waals surface area contributed by atoms with Gasteiger partial charge in [0, 0.05) is 32.0 Å². The SMILES string of the molecule is CN(c1ncccn1)[C@H]1CCCNC1.Cl. The van der Waals surface area contributed by atoms with Crippen molar-refractivity contribution in [2.24, 2.45) is 0 Å². The Labute approximate surface area is 96.5 Å². The third-order valence-corrected chi connectivity index (χ3v) is 2.69. The number of likely N-dealkylation sites (N-methyl/N-ethyl adjacent to an activating group) is 1. The van der Waals surface area contributed by atoms with Crippen molar-refractivity contribution in [2.75, 3.05) is 25.0 Å². The Morgan fingerprint density at radius 3 is 2.73 bits per heavy atom. The average molecular weight is 229 g/mol. The van der Waals surface area contributed by atoms with Gasteiger partial charge < -0.3 is 10.2 Å². The fourth-order valence-corrected chi connectivity index (χ4v) is 1.80. The van der Waals surface area contributed by atoms with Gasteiger partial charge in [0.25, 0.3) is 0 Å². The first-order valence-electron chi connectivity index (χ1n) is 5.08. The smallest absolute Gasteiger partial charge is 0.225 e. The van der Waals surface area contributed by atoms with E-state index in [0.717, 1.165) is 19.0 Å². The second-order valence-electron chi connectivity index (χ2n) is 3.66. The van der Waals surface area contributed by atoms with E-state index in [2.05, 4.69) is 27.2 Å². The Morgan fingerprint density at radius 1 is 1.40 bits per heavy atom. The van der Waals surface area contributed by atoms with Gasteiger partial charge in [0.2, 0.25) is 5.95 Å². The molecule has 5 heteroatoms. The Kier molecular flexibility index (Phi) is 4.78. The lowest BCUT2D eigenvalue weighted by atomic mass is 10.1. The van der Waals surface area contributed by atoms with Gasteiger partial charge in [0.15, 0.2) is 0 Å². The van der Waals surface area contributed by atoms with Crippen LogP contribution < -0.4 is 10.2 Å². The molecule has 1 aliphatic rings. The third-order valence-electron chi connectivity index (χ3n) is 2.69. The first-order chi connectivity index (χ1) is 6.88. The van der Waals surface area contributed by atoms with E-state index < -0.39 is 0 Å². The predicted octanol–water partition coefficient (Wildman–Crippen LogP) is 1.09. The van der Waals surface area contributed by atoms with Crippen LogP contribution in [0.3, 0.4) is 0 Å². The van der Waals surface area contributed by atoms with Crippen LogP contribution in [-0.2, 0) is 0 Å². The van der Waals surface area contributed by atoms with Crippen LogP contribution in [0.5, 0.6) is 0 Å². The van der Waals surface area contributed by atoms with Crippen molar-refractivity contribution >= 4 is 18.4 Å². The molecule has 0 saturated carbocycles. The number of halogens is 1. The molecule has 0 unspecified atom stereocenters. The molecule has 2 rings (SSSR count). The molecule has 4 nitrogen and oxygen atoms in total. The molecular formula is C10H17ClN4. The second-order valence-corrected chi connectivity index (χ2v) is 3.66. The Morgan fingerprint density at radius 2 is 2.13 bits per heavy atom. The van der Waals surface area contributed by atoms with Gasteiger partial charge in [-0.2, -0.15) is 0 Å². The van der Waals surface area contributed by atoms with Crippen LogP contribution in [0.2, 0.25) is 0 Å². The molecule has 2 heterocycles. The molecule has 1 aromatic rings. The van der Waals surface area contributed by atoms with E-state index in [1.54, 1.807) is 12.4 Å². The van der Waals surface area contributed by atoms with Crippen LogP contribution in [0.15, 0.2) is 18.5 Å². The van der Waals surface area contributed by atoms with E-state index in [1.807, 2.05) is 6.07 Å². The van der Waals surface area contributed by atoms with Crippen molar-refractivity contribution in [1.82, 2.24) is 15.3 Å². The van der Waals surface area contributed by atoms with Crippen molar-refractivity contribution in [3.8, 4) is 0 Å². The van der Waals surface area contributed by atoms with Gasteiger partial charge in [-0.05, 0) is 25.5 Å². The topological polar surface area (TPSA) is 41.1 Å². The monoisotopic (exact) mass is 228 g/mol. The van der Waals surface area contributed by atoms with E-state index in [9.17, 15) is 0 Å². The summed E-state index contributed by atoms with van der Waals surface area (Å²) in [6.07, 6.45) is 6.04. The summed E-state index contributed by atoms with van der Waals surface area (Å²) in [6, 6.07) is 2.38. The fraction of sp³-hybridized carbons (Fsp3) is 0.600. The standard InChI is InChI=1S/C10H16N4.ClH/c1-14(9-4-2-5-11-8-9)10-12-6-3-7-13-10;/h3,6-7,9,11H,2,4-5,8H2,1H3;1H/t9-;/m0./s1. The lowest BCUT2D eigenvalue weighted by Crippen LogP contribution is -2.44. The van der Waals surface area contributed by atoms with E-state index in [-0.39, 0.29) is 12.4 Å². The summed E-state index contributed by atoms with van der Waals surface area (Å²) in [7, 11) is 2.06. The van der Waals surface area contributed by atoms with Gasteiger partial charge in [-0.25, -0.2) is 9.97 Å². The second kappa shape index (κ2) is 5.88. The summed E-state index contributed by atoms with van der Waals surface area (Å²) in [5.74, 6) is 0.821. The van der Waals surface area contributed by atoms with E-state index in [4.69, 9.17) is 0 Å². The number of anilines is 1. The number of aromatic nitrogens is 2. The number of nitrogens with one attached hydrogen (secondary N) is 1. The maximum atomic E-state index is 4.24. The normalized spacial score (nSPS) is 20.5. The zero-order valence-electron chi connectivity index (χ0n) is 8.89. The quantitative estimate of drug-likeness (QED) is 0.823. The minimum Gasteiger partial charge on any atom is -0.340 e. The van der Waals surface area contributed by atoms with Gasteiger partial charge >= 0.3 is 0 Å². The molecule has 15 heavy (non-hydrogen) atoms. The van der Waals surface area contributed by atoms with E-state index in [1.165, 1.54) is 12.8 Å². The van der Waals surface area contributed by atoms with Crippen molar-refractivity contribution in [2.45, 2.75) is 18.9 Å². The molecule has 84 valence electrons. The molecular weight excluding hydrogens is 212 g/mol. The molecule has 0 radical (unpaired) electrons. The summed E-state index contributed by atoms with van der Waals surface area (Å²) in [5, 5.41) is 3.39. The van der Waals surface area contributed by atoms with Gasteiger partial charge in [-0.3, -0.25) is 0 Å². The van der Waals surface area contributed by atoms with Gasteiger partial charge in [0.05, 0.1) is 0 Å². The Hall–Kier alpha value is -0.870. The zero-order chi connectivity index (χ0) is 9.80. The summed E-state index contributed by atoms with van der Waals surface area (Å²) >= 11 is 0. The first-order valence-corrected chi connectivity index (χ1v) is 5.08. The highest BCUT2D eigenvalue weighted by atomic mass is 35.5. The van der Waals surface area contributed by atoms with Crippen LogP contribution in [-0.4, -0.2) is 36.1 Å². The maximum Gasteiger partial charge on any atom is 0.225 e. The molecule has 0 amide bonds. The van der Waals surface area contributed by atoms with Crippen molar-refractivity contribution in [3.05, 3.63) is 18.5 Å². The molecule has 1 fully saturated rings. The molecule has 0 aliphatic carbocycles. The Bertz CT molecular complexity index is 274.